The molecule has 3 heterocycles. The van der Waals surface area contributed by atoms with Crippen molar-refractivity contribution in [3.8, 4) is 10.8 Å². The standard InChI is InChI=1S/C29H27F2N3O2S/c1-2-36-25-11-5-4-9-23(25)32-29(35)34-17-22-21-8-3-6-12-26(21)37-28(22)33-13-7-10-24(33)27(34)18-14-19(30)16-20(31)15-18/h4-5,7,9-11,13-16,27H,2-3,6,8,12,17H2,1H3,(H,32,35). The number of ether oxygens (including phenoxy) is 1. The highest BCUT2D eigenvalue weighted by atomic mass is 32.1. The van der Waals surface area contributed by atoms with E-state index >= 15 is 0 Å². The number of para-hydroxylation sites is 2. The van der Waals surface area contributed by atoms with Gasteiger partial charge in [-0.25, -0.2) is 13.6 Å². The highest BCUT2D eigenvalue weighted by molar-refractivity contribution is 7.15. The number of nitrogens with zero attached hydrogens (tertiary/aromatic N) is 2. The number of carbonyl (C=O) groups is 1. The quantitative estimate of drug-likeness (QED) is 0.309. The molecule has 1 atom stereocenters. The fraction of sp³-hybridized carbons (Fsp3) is 0.276. The van der Waals surface area contributed by atoms with E-state index in [4.69, 9.17) is 4.74 Å². The number of rotatable bonds is 4. The van der Waals surface area contributed by atoms with Crippen molar-refractivity contribution in [2.24, 2.45) is 0 Å². The van der Waals surface area contributed by atoms with Crippen LogP contribution in [0.15, 0.2) is 60.8 Å². The molecule has 1 aliphatic carbocycles. The van der Waals surface area contributed by atoms with Crippen molar-refractivity contribution in [1.29, 1.82) is 0 Å². The molecule has 190 valence electrons. The minimum atomic E-state index is -0.696. The zero-order valence-electron chi connectivity index (χ0n) is 20.5. The van der Waals surface area contributed by atoms with Crippen LogP contribution in [0, 0.1) is 11.6 Å². The Morgan fingerprint density at radius 3 is 2.65 bits per heavy atom. The molecule has 6 rings (SSSR count). The summed E-state index contributed by atoms with van der Waals surface area (Å²) >= 11 is 1.77. The van der Waals surface area contributed by atoms with E-state index in [-0.39, 0.29) is 6.03 Å². The molecule has 0 radical (unpaired) electrons. The van der Waals surface area contributed by atoms with Crippen LogP contribution in [0.4, 0.5) is 19.3 Å². The molecule has 2 amide bonds. The van der Waals surface area contributed by atoms with Crippen molar-refractivity contribution in [2.45, 2.75) is 45.2 Å². The number of fused-ring (bicyclic) bond motifs is 5. The normalized spacial score (nSPS) is 16.4. The summed E-state index contributed by atoms with van der Waals surface area (Å²) in [6, 6.07) is 13.6. The summed E-state index contributed by atoms with van der Waals surface area (Å²) in [4.78, 5) is 17.1. The predicted octanol–water partition coefficient (Wildman–Crippen LogP) is 7.23. The average molecular weight is 520 g/mol. The third-order valence-corrected chi connectivity index (χ3v) is 8.40. The SMILES string of the molecule is CCOc1ccccc1NC(=O)N1Cc2c(sc3c2CCCC3)-n2cccc2C1c1cc(F)cc(F)c1. The Balaban J connectivity index is 1.50. The first-order chi connectivity index (χ1) is 18.0. The van der Waals surface area contributed by atoms with Crippen LogP contribution in [0.25, 0.3) is 5.00 Å². The van der Waals surface area contributed by atoms with Gasteiger partial charge in [0.25, 0.3) is 0 Å². The maximum Gasteiger partial charge on any atom is 0.323 e. The Morgan fingerprint density at radius 2 is 1.84 bits per heavy atom. The number of carbonyl (C=O) groups excluding carboxylic acids is 1. The molecular formula is C29H27F2N3O2S. The van der Waals surface area contributed by atoms with Gasteiger partial charge < -0.3 is 19.5 Å². The van der Waals surface area contributed by atoms with Gasteiger partial charge in [-0.1, -0.05) is 12.1 Å². The highest BCUT2D eigenvalue weighted by Gasteiger charge is 2.36. The molecule has 4 aromatic rings. The molecule has 2 aromatic carbocycles. The molecular weight excluding hydrogens is 492 g/mol. The molecule has 0 saturated carbocycles. The van der Waals surface area contributed by atoms with Crippen molar-refractivity contribution < 1.29 is 18.3 Å². The van der Waals surface area contributed by atoms with Gasteiger partial charge in [-0.2, -0.15) is 0 Å². The molecule has 1 N–H and O–H groups in total. The Kier molecular flexibility index (Phi) is 6.20. The van der Waals surface area contributed by atoms with Gasteiger partial charge >= 0.3 is 6.03 Å². The second-order valence-electron chi connectivity index (χ2n) is 9.39. The Morgan fingerprint density at radius 1 is 1.05 bits per heavy atom. The first-order valence-electron chi connectivity index (χ1n) is 12.6. The lowest BCUT2D eigenvalue weighted by Gasteiger charge is -2.31. The summed E-state index contributed by atoms with van der Waals surface area (Å²) in [5.74, 6) is -0.781. The van der Waals surface area contributed by atoms with Crippen molar-refractivity contribution in [2.75, 3.05) is 11.9 Å². The lowest BCUT2D eigenvalue weighted by Crippen LogP contribution is -2.38. The van der Waals surface area contributed by atoms with Crippen LogP contribution in [0.5, 0.6) is 5.75 Å². The van der Waals surface area contributed by atoms with Crippen LogP contribution >= 0.6 is 11.3 Å². The Hall–Kier alpha value is -3.65. The van der Waals surface area contributed by atoms with Crippen LogP contribution in [0.1, 0.15) is 53.1 Å². The number of benzene rings is 2. The number of hydrogen-bond donors (Lipinski definition) is 1. The minimum Gasteiger partial charge on any atom is -0.492 e. The zero-order valence-corrected chi connectivity index (χ0v) is 21.3. The van der Waals surface area contributed by atoms with Crippen molar-refractivity contribution >= 4 is 23.1 Å². The summed E-state index contributed by atoms with van der Waals surface area (Å²) in [5.41, 5.74) is 4.14. The van der Waals surface area contributed by atoms with Crippen molar-refractivity contribution in [3.63, 3.8) is 0 Å². The number of halogens is 2. The van der Waals surface area contributed by atoms with Gasteiger partial charge in [-0.05, 0) is 80.1 Å². The molecule has 2 aliphatic rings. The minimum absolute atomic E-state index is 0.328. The van der Waals surface area contributed by atoms with Gasteiger partial charge in [0.2, 0.25) is 0 Å². The second-order valence-corrected chi connectivity index (χ2v) is 10.5. The first kappa shape index (κ1) is 23.7. The molecule has 0 saturated heterocycles. The summed E-state index contributed by atoms with van der Waals surface area (Å²) < 4.78 is 36.7. The molecule has 2 aromatic heterocycles. The van der Waals surface area contributed by atoms with Gasteiger partial charge in [0.15, 0.2) is 0 Å². The fourth-order valence-electron chi connectivity index (χ4n) is 5.51. The molecule has 5 nitrogen and oxygen atoms in total. The summed E-state index contributed by atoms with van der Waals surface area (Å²) in [7, 11) is 0. The maximum atomic E-state index is 14.4. The molecule has 1 aliphatic heterocycles. The largest absolute Gasteiger partial charge is 0.492 e. The number of thiophene rings is 1. The maximum absolute atomic E-state index is 14.4. The fourth-order valence-corrected chi connectivity index (χ4v) is 6.91. The van der Waals surface area contributed by atoms with Crippen LogP contribution in [0.3, 0.4) is 0 Å². The molecule has 0 spiro atoms. The van der Waals surface area contributed by atoms with Crippen LogP contribution in [-0.2, 0) is 19.4 Å². The number of hydrogen-bond acceptors (Lipinski definition) is 3. The van der Waals surface area contributed by atoms with Gasteiger partial charge in [-0.15, -0.1) is 11.3 Å². The van der Waals surface area contributed by atoms with Gasteiger partial charge in [0.05, 0.1) is 24.5 Å². The summed E-state index contributed by atoms with van der Waals surface area (Å²) in [6.07, 6.45) is 6.26. The van der Waals surface area contributed by atoms with Gasteiger partial charge in [0, 0.05) is 22.7 Å². The van der Waals surface area contributed by atoms with E-state index in [1.54, 1.807) is 28.4 Å². The van der Waals surface area contributed by atoms with Gasteiger partial charge in [0.1, 0.15) is 28.4 Å². The van der Waals surface area contributed by atoms with Crippen molar-refractivity contribution in [3.05, 3.63) is 99.7 Å². The second kappa shape index (κ2) is 9.67. The van der Waals surface area contributed by atoms with Crippen LogP contribution < -0.4 is 10.1 Å². The molecule has 1 unspecified atom stereocenters. The van der Waals surface area contributed by atoms with E-state index in [1.807, 2.05) is 37.4 Å². The molecule has 37 heavy (non-hydrogen) atoms. The first-order valence-corrected chi connectivity index (χ1v) is 13.4. The Bertz CT molecular complexity index is 1460. The van der Waals surface area contributed by atoms with E-state index in [2.05, 4.69) is 9.88 Å². The van der Waals surface area contributed by atoms with Gasteiger partial charge in [-0.3, -0.25) is 0 Å². The van der Waals surface area contributed by atoms with E-state index in [9.17, 15) is 13.6 Å². The predicted molar refractivity (Wildman–Crippen MR) is 141 cm³/mol. The lowest BCUT2D eigenvalue weighted by molar-refractivity contribution is 0.194. The number of amides is 2. The highest BCUT2D eigenvalue weighted by Crippen LogP contribution is 2.44. The number of urea groups is 1. The lowest BCUT2D eigenvalue weighted by atomic mass is 9.95. The van der Waals surface area contributed by atoms with E-state index < -0.39 is 17.7 Å². The summed E-state index contributed by atoms with van der Waals surface area (Å²) in [5, 5.41) is 4.10. The van der Waals surface area contributed by atoms with Crippen LogP contribution in [-0.4, -0.2) is 22.1 Å². The third kappa shape index (κ3) is 4.29. The molecule has 0 bridgehead atoms. The number of aryl methyl sites for hydroxylation is 1. The topological polar surface area (TPSA) is 46.5 Å². The van der Waals surface area contributed by atoms with E-state index in [0.717, 1.165) is 48.0 Å². The molecule has 0 fully saturated rings. The third-order valence-electron chi connectivity index (χ3n) is 7.07. The smallest absolute Gasteiger partial charge is 0.323 e. The monoisotopic (exact) mass is 519 g/mol. The Labute approximate surface area is 218 Å². The average Bonchev–Trinajstić information content (AvgIpc) is 3.46. The number of aromatic nitrogens is 1. The van der Waals surface area contributed by atoms with Crippen molar-refractivity contribution in [1.82, 2.24) is 9.47 Å². The summed E-state index contributed by atoms with van der Waals surface area (Å²) in [6.45, 7) is 2.67. The number of nitrogens with one attached hydrogen (secondary N) is 1. The van der Waals surface area contributed by atoms with Crippen LogP contribution in [0.2, 0.25) is 0 Å². The van der Waals surface area contributed by atoms with E-state index in [0.29, 0.717) is 30.2 Å². The zero-order chi connectivity index (χ0) is 25.5. The van der Waals surface area contributed by atoms with E-state index in [1.165, 1.54) is 22.6 Å². The molecule has 8 heteroatoms. The number of anilines is 1.